The van der Waals surface area contributed by atoms with Crippen LogP contribution in [0.3, 0.4) is 0 Å². The Morgan fingerprint density at radius 2 is 1.70 bits per heavy atom. The van der Waals surface area contributed by atoms with Gasteiger partial charge in [0.25, 0.3) is 5.78 Å². The van der Waals surface area contributed by atoms with E-state index in [1.807, 2.05) is 31.4 Å². The minimum Gasteiger partial charge on any atom is -0.507 e. The van der Waals surface area contributed by atoms with Gasteiger partial charge in [0.15, 0.2) is 11.5 Å². The minimum atomic E-state index is -0.869. The van der Waals surface area contributed by atoms with Crippen LogP contribution in [-0.2, 0) is 9.59 Å². The number of benzene rings is 2. The summed E-state index contributed by atoms with van der Waals surface area (Å²) in [5, 5.41) is 13.3. The van der Waals surface area contributed by atoms with Gasteiger partial charge in [0.1, 0.15) is 17.6 Å². The van der Waals surface area contributed by atoms with Crippen molar-refractivity contribution in [3.05, 3.63) is 68.9 Å². The Bertz CT molecular complexity index is 1530. The average molecular weight is 520 g/mol. The van der Waals surface area contributed by atoms with Crippen molar-refractivity contribution in [3.63, 3.8) is 0 Å². The molecule has 3 heterocycles. The fourth-order valence-corrected chi connectivity index (χ4v) is 5.44. The zero-order valence-corrected chi connectivity index (χ0v) is 21.7. The molecular formula is C27H25N3O6S. The number of carbonyl (C=O) groups is 2. The number of aliphatic hydroxyl groups excluding tert-OH is 1. The normalized spacial score (nSPS) is 17.0. The number of ketones is 1. The number of H-pyrrole nitrogens is 1. The number of ether oxygens (including phenoxy) is 3. The predicted octanol–water partition coefficient (Wildman–Crippen LogP) is 4.89. The smallest absolute Gasteiger partial charge is 0.302 e. The summed E-state index contributed by atoms with van der Waals surface area (Å²) in [6.45, 7) is 3.66. The number of aromatic nitrogens is 2. The van der Waals surface area contributed by atoms with E-state index in [0.717, 1.165) is 5.56 Å². The van der Waals surface area contributed by atoms with E-state index in [2.05, 4.69) is 9.97 Å². The summed E-state index contributed by atoms with van der Waals surface area (Å²) in [6.07, 6.45) is 0. The van der Waals surface area contributed by atoms with Crippen LogP contribution in [0.5, 0.6) is 17.2 Å². The Labute approximate surface area is 216 Å². The molecule has 190 valence electrons. The fraction of sp³-hybridized carbons (Fsp3) is 0.222. The Hall–Kier alpha value is -4.31. The number of Topliss-reactive ketones (excluding diaryl/α,β-unsaturated/α-hetero) is 1. The van der Waals surface area contributed by atoms with E-state index in [0.29, 0.717) is 44.3 Å². The number of methoxy groups -OCH3 is 3. The van der Waals surface area contributed by atoms with Gasteiger partial charge in [-0.15, -0.1) is 11.3 Å². The van der Waals surface area contributed by atoms with Crippen LogP contribution in [-0.4, -0.2) is 48.1 Å². The molecule has 9 nitrogen and oxygen atoms in total. The number of aryl methyl sites for hydroxylation is 2. The molecule has 0 bridgehead atoms. The number of nitrogens with zero attached hydrogens (tertiary/aromatic N) is 2. The molecule has 5 rings (SSSR count). The van der Waals surface area contributed by atoms with Crippen LogP contribution in [0.2, 0.25) is 0 Å². The lowest BCUT2D eigenvalue weighted by molar-refractivity contribution is -0.132. The Morgan fingerprint density at radius 1 is 1.00 bits per heavy atom. The van der Waals surface area contributed by atoms with Crippen molar-refractivity contribution in [2.24, 2.45) is 0 Å². The van der Waals surface area contributed by atoms with Crippen LogP contribution in [0.1, 0.15) is 27.6 Å². The topological polar surface area (TPSA) is 114 Å². The molecule has 0 saturated carbocycles. The van der Waals surface area contributed by atoms with Crippen LogP contribution in [0, 0.1) is 13.8 Å². The van der Waals surface area contributed by atoms with Gasteiger partial charge >= 0.3 is 5.91 Å². The van der Waals surface area contributed by atoms with Gasteiger partial charge in [-0.05, 0) is 48.6 Å². The van der Waals surface area contributed by atoms with Gasteiger partial charge in [-0.25, -0.2) is 4.98 Å². The number of carbonyl (C=O) groups excluding carboxylic acids is 2. The van der Waals surface area contributed by atoms with Crippen LogP contribution >= 0.6 is 11.3 Å². The van der Waals surface area contributed by atoms with Crippen molar-refractivity contribution in [1.82, 2.24) is 9.97 Å². The Morgan fingerprint density at radius 3 is 2.35 bits per heavy atom. The summed E-state index contributed by atoms with van der Waals surface area (Å²) >= 11 is 1.38. The van der Waals surface area contributed by atoms with Crippen molar-refractivity contribution < 1.29 is 28.9 Å². The highest BCUT2D eigenvalue weighted by Gasteiger charge is 2.48. The van der Waals surface area contributed by atoms with E-state index < -0.39 is 17.7 Å². The molecule has 0 spiro atoms. The second kappa shape index (κ2) is 9.29. The van der Waals surface area contributed by atoms with Crippen molar-refractivity contribution in [2.75, 3.05) is 26.2 Å². The molecule has 0 aliphatic carbocycles. The monoisotopic (exact) mass is 519 g/mol. The summed E-state index contributed by atoms with van der Waals surface area (Å²) in [6, 6.07) is 9.73. The molecule has 4 aromatic rings. The van der Waals surface area contributed by atoms with Crippen LogP contribution in [0.25, 0.3) is 16.8 Å². The maximum atomic E-state index is 13.4. The Kier molecular flexibility index (Phi) is 6.12. The molecule has 1 unspecified atom stereocenters. The number of thiophene rings is 1. The lowest BCUT2D eigenvalue weighted by Crippen LogP contribution is -2.30. The van der Waals surface area contributed by atoms with Crippen molar-refractivity contribution in [2.45, 2.75) is 19.9 Å². The maximum Gasteiger partial charge on any atom is 0.302 e. The summed E-state index contributed by atoms with van der Waals surface area (Å²) < 4.78 is 16.1. The molecule has 1 atom stereocenters. The van der Waals surface area contributed by atoms with E-state index in [1.165, 1.54) is 30.5 Å². The van der Waals surface area contributed by atoms with Gasteiger partial charge in [0.2, 0.25) is 5.95 Å². The van der Waals surface area contributed by atoms with E-state index in [-0.39, 0.29) is 17.3 Å². The third kappa shape index (κ3) is 3.89. The number of nitrogens with one attached hydrogen (secondary N) is 1. The number of hydrogen-bond acceptors (Lipinski definition) is 8. The predicted molar refractivity (Wildman–Crippen MR) is 141 cm³/mol. The number of aliphatic hydroxyl groups is 1. The molecule has 1 aliphatic heterocycles. The first kappa shape index (κ1) is 24.4. The average Bonchev–Trinajstić information content (AvgIpc) is 3.62. The summed E-state index contributed by atoms with van der Waals surface area (Å²) in [5.74, 6) is -0.0187. The Balaban J connectivity index is 1.71. The number of imidazole rings is 1. The number of aromatic amines is 1. The van der Waals surface area contributed by atoms with Crippen LogP contribution in [0.15, 0.2) is 47.4 Å². The molecule has 2 aromatic heterocycles. The van der Waals surface area contributed by atoms with E-state index in [4.69, 9.17) is 14.2 Å². The van der Waals surface area contributed by atoms with Gasteiger partial charge in [-0.2, -0.15) is 0 Å². The third-order valence-electron chi connectivity index (χ3n) is 6.46. The molecule has 2 N–H and O–H groups in total. The van der Waals surface area contributed by atoms with E-state index in [1.54, 1.807) is 31.4 Å². The number of fused-ring (bicyclic) bond motifs is 1. The minimum absolute atomic E-state index is 0.00395. The number of hydrogen-bond donors (Lipinski definition) is 2. The summed E-state index contributed by atoms with van der Waals surface area (Å²) in [4.78, 5) is 36.6. The molecule has 10 heteroatoms. The molecule has 1 aliphatic rings. The fourth-order valence-electron chi connectivity index (χ4n) is 4.61. The second-order valence-electron chi connectivity index (χ2n) is 8.61. The van der Waals surface area contributed by atoms with E-state index >= 15 is 0 Å². The maximum absolute atomic E-state index is 13.4. The molecule has 37 heavy (non-hydrogen) atoms. The zero-order valence-electron chi connectivity index (χ0n) is 20.9. The standard InChI is InChI=1S/C27H25N3O6S/c1-13-10-18(34-3)14(2)9-15(13)24(31)22-23(21-7-6-8-37-21)30(26(33)25(22)32)27-28-16-11-19(35-4)20(36-5)12-17(16)29-27/h6-12,23,31H,1-5H3,(H,28,29)/b24-22+. The molecule has 0 radical (unpaired) electrons. The number of anilines is 1. The first-order valence-corrected chi connectivity index (χ1v) is 12.3. The third-order valence-corrected chi connectivity index (χ3v) is 7.38. The van der Waals surface area contributed by atoms with E-state index in [9.17, 15) is 14.7 Å². The molecule has 2 aromatic carbocycles. The highest BCUT2D eigenvalue weighted by molar-refractivity contribution is 7.10. The number of amides is 1. The summed E-state index contributed by atoms with van der Waals surface area (Å²) in [7, 11) is 4.62. The van der Waals surface area contributed by atoms with Gasteiger partial charge < -0.3 is 24.3 Å². The molecule has 1 fully saturated rings. The van der Waals surface area contributed by atoms with Crippen molar-refractivity contribution in [3.8, 4) is 17.2 Å². The molecular weight excluding hydrogens is 494 g/mol. The van der Waals surface area contributed by atoms with Crippen molar-refractivity contribution >= 4 is 45.8 Å². The van der Waals surface area contributed by atoms with Crippen LogP contribution < -0.4 is 19.1 Å². The van der Waals surface area contributed by atoms with Gasteiger partial charge in [-0.3, -0.25) is 14.5 Å². The lowest BCUT2D eigenvalue weighted by Gasteiger charge is -2.22. The van der Waals surface area contributed by atoms with Crippen molar-refractivity contribution in [1.29, 1.82) is 0 Å². The van der Waals surface area contributed by atoms with Gasteiger partial charge in [-0.1, -0.05) is 6.07 Å². The quantitative estimate of drug-likeness (QED) is 0.212. The summed E-state index contributed by atoms with van der Waals surface area (Å²) in [5.41, 5.74) is 3.07. The highest BCUT2D eigenvalue weighted by atomic mass is 32.1. The number of rotatable bonds is 6. The highest BCUT2D eigenvalue weighted by Crippen LogP contribution is 2.44. The SMILES string of the molecule is COc1cc(C)c(/C(O)=C2\C(=O)C(=O)N(c3nc4cc(OC)c(OC)cc4[nH]3)C2c2cccs2)cc1C. The van der Waals surface area contributed by atoms with Gasteiger partial charge in [0, 0.05) is 22.6 Å². The zero-order chi connectivity index (χ0) is 26.4. The first-order valence-electron chi connectivity index (χ1n) is 11.4. The molecule has 1 saturated heterocycles. The first-order chi connectivity index (χ1) is 17.8. The van der Waals surface area contributed by atoms with Crippen LogP contribution in [0.4, 0.5) is 5.95 Å². The second-order valence-corrected chi connectivity index (χ2v) is 9.59. The largest absolute Gasteiger partial charge is 0.507 e. The lowest BCUT2D eigenvalue weighted by atomic mass is 9.96. The molecule has 1 amide bonds. The van der Waals surface area contributed by atoms with Gasteiger partial charge in [0.05, 0.1) is 37.9 Å².